The van der Waals surface area contributed by atoms with Crippen LogP contribution in [-0.4, -0.2) is 57.7 Å². The van der Waals surface area contributed by atoms with E-state index in [0.29, 0.717) is 5.56 Å². The highest BCUT2D eigenvalue weighted by Crippen LogP contribution is 2.11. The summed E-state index contributed by atoms with van der Waals surface area (Å²) in [5.74, 6) is -3.76. The largest absolute Gasteiger partial charge is 0.508 e. The fraction of sp³-hybridized carbons (Fsp3) is 0.375. The first-order valence-electron chi connectivity index (χ1n) is 7.74. The zero-order valence-electron chi connectivity index (χ0n) is 13.8. The van der Waals surface area contributed by atoms with Gasteiger partial charge in [0, 0.05) is 12.8 Å². The molecule has 142 valence electrons. The molecule has 2 amide bonds. The number of rotatable bonds is 10. The molecule has 0 heterocycles. The van der Waals surface area contributed by atoms with Crippen molar-refractivity contribution in [3.05, 3.63) is 29.8 Å². The number of nitrogens with two attached hydrogens (primary N) is 1. The Morgan fingerprint density at radius 3 is 2.15 bits per heavy atom. The van der Waals surface area contributed by atoms with Gasteiger partial charge in [0.05, 0.1) is 6.04 Å². The number of aliphatic carboxylic acids is 2. The first kappa shape index (κ1) is 20.9. The number of benzene rings is 1. The van der Waals surface area contributed by atoms with Crippen LogP contribution < -0.4 is 16.4 Å². The molecule has 0 aliphatic carbocycles. The molecule has 2 unspecified atom stereocenters. The normalized spacial score (nSPS) is 12.7. The van der Waals surface area contributed by atoms with Gasteiger partial charge in [0.15, 0.2) is 0 Å². The maximum atomic E-state index is 12.2. The molecule has 0 radical (unpaired) electrons. The van der Waals surface area contributed by atoms with Gasteiger partial charge in [0.25, 0.3) is 0 Å². The number of amides is 2. The number of hydrogen-bond donors (Lipinski definition) is 6. The molecule has 10 heteroatoms. The van der Waals surface area contributed by atoms with E-state index < -0.39 is 42.4 Å². The smallest absolute Gasteiger partial charge is 0.322 e. The number of phenols is 1. The molecule has 0 aromatic heterocycles. The van der Waals surface area contributed by atoms with Gasteiger partial charge in [0.1, 0.15) is 18.3 Å². The van der Waals surface area contributed by atoms with Crippen molar-refractivity contribution >= 4 is 23.8 Å². The zero-order valence-corrected chi connectivity index (χ0v) is 13.8. The molecule has 26 heavy (non-hydrogen) atoms. The quantitative estimate of drug-likeness (QED) is 0.299. The van der Waals surface area contributed by atoms with Gasteiger partial charge in [-0.3, -0.25) is 19.2 Å². The van der Waals surface area contributed by atoms with E-state index in [0.717, 1.165) is 0 Å². The molecular weight excluding hydrogens is 346 g/mol. The lowest BCUT2D eigenvalue weighted by Gasteiger charge is -2.20. The van der Waals surface area contributed by atoms with Crippen molar-refractivity contribution in [3.63, 3.8) is 0 Å². The van der Waals surface area contributed by atoms with Crippen LogP contribution in [0.25, 0.3) is 0 Å². The summed E-state index contributed by atoms with van der Waals surface area (Å²) in [6, 6.07) is 3.67. The topological polar surface area (TPSA) is 179 Å². The lowest BCUT2D eigenvalue weighted by Crippen LogP contribution is -2.53. The van der Waals surface area contributed by atoms with Crippen LogP contribution in [0.5, 0.6) is 5.75 Å². The molecule has 0 fully saturated rings. The van der Waals surface area contributed by atoms with E-state index in [1.165, 1.54) is 12.1 Å². The number of carboxylic acids is 2. The highest BCUT2D eigenvalue weighted by atomic mass is 16.4. The molecule has 0 spiro atoms. The van der Waals surface area contributed by atoms with Gasteiger partial charge in [-0.15, -0.1) is 0 Å². The van der Waals surface area contributed by atoms with Crippen LogP contribution in [0.2, 0.25) is 0 Å². The van der Waals surface area contributed by atoms with Crippen molar-refractivity contribution in [3.8, 4) is 5.75 Å². The summed E-state index contributed by atoms with van der Waals surface area (Å²) in [6.07, 6.45) is -0.380. The van der Waals surface area contributed by atoms with Crippen molar-refractivity contribution in [2.45, 2.75) is 31.3 Å². The van der Waals surface area contributed by atoms with Gasteiger partial charge in [-0.2, -0.15) is 0 Å². The van der Waals surface area contributed by atoms with Gasteiger partial charge in [-0.1, -0.05) is 12.1 Å². The number of hydrogen-bond acceptors (Lipinski definition) is 6. The first-order valence-corrected chi connectivity index (χ1v) is 7.74. The average Bonchev–Trinajstić information content (AvgIpc) is 2.58. The Kier molecular flexibility index (Phi) is 8.03. The molecule has 7 N–H and O–H groups in total. The average molecular weight is 367 g/mol. The van der Waals surface area contributed by atoms with E-state index in [-0.39, 0.29) is 25.0 Å². The van der Waals surface area contributed by atoms with Crippen LogP contribution in [0.15, 0.2) is 24.3 Å². The summed E-state index contributed by atoms with van der Waals surface area (Å²) in [6.45, 7) is -0.619. The van der Waals surface area contributed by atoms with Gasteiger partial charge in [-0.05, 0) is 24.1 Å². The van der Waals surface area contributed by atoms with Crippen molar-refractivity contribution in [2.24, 2.45) is 5.73 Å². The van der Waals surface area contributed by atoms with Crippen LogP contribution in [-0.2, 0) is 25.6 Å². The predicted octanol–water partition coefficient (Wildman–Crippen LogP) is -1.19. The molecule has 10 nitrogen and oxygen atoms in total. The van der Waals surface area contributed by atoms with Gasteiger partial charge in [-0.25, -0.2) is 0 Å². The van der Waals surface area contributed by atoms with Crippen LogP contribution in [0, 0.1) is 0 Å². The Balaban J connectivity index is 2.80. The third-order valence-corrected chi connectivity index (χ3v) is 3.43. The highest BCUT2D eigenvalue weighted by Gasteiger charge is 2.24. The standard InChI is InChI=1S/C16H21N3O7/c17-11(5-6-13(21)22)15(25)19-12(16(26)18-8-14(23)24)7-9-1-3-10(20)4-2-9/h1-4,11-12,20H,5-8,17H2,(H,18,26)(H,19,25)(H,21,22)(H,23,24). The van der Waals surface area contributed by atoms with E-state index >= 15 is 0 Å². The number of phenolic OH excluding ortho intramolecular Hbond substituents is 1. The number of aromatic hydroxyl groups is 1. The lowest BCUT2D eigenvalue weighted by molar-refractivity contribution is -0.138. The number of nitrogens with one attached hydrogen (secondary N) is 2. The van der Waals surface area contributed by atoms with Crippen LogP contribution in [0.1, 0.15) is 18.4 Å². The molecule has 0 bridgehead atoms. The Bertz CT molecular complexity index is 660. The number of carboxylic acid groups (broad SMARTS) is 2. The molecule has 2 atom stereocenters. The molecule has 0 saturated carbocycles. The molecule has 0 aliphatic rings. The SMILES string of the molecule is NC(CCC(=O)O)C(=O)NC(Cc1ccc(O)cc1)C(=O)NCC(=O)O. The monoisotopic (exact) mass is 367 g/mol. The number of carbonyl (C=O) groups excluding carboxylic acids is 2. The van der Waals surface area contributed by atoms with Crippen molar-refractivity contribution in [1.29, 1.82) is 0 Å². The molecule has 0 aliphatic heterocycles. The van der Waals surface area contributed by atoms with E-state index in [4.69, 9.17) is 15.9 Å². The van der Waals surface area contributed by atoms with Crippen molar-refractivity contribution < 1.29 is 34.5 Å². The van der Waals surface area contributed by atoms with Gasteiger partial charge in [0.2, 0.25) is 11.8 Å². The lowest BCUT2D eigenvalue weighted by atomic mass is 10.0. The molecular formula is C16H21N3O7. The second-order valence-corrected chi connectivity index (χ2v) is 5.58. The molecule has 1 aromatic rings. The van der Waals surface area contributed by atoms with Crippen LogP contribution >= 0.6 is 0 Å². The van der Waals surface area contributed by atoms with Crippen molar-refractivity contribution in [1.82, 2.24) is 10.6 Å². The summed E-state index contributed by atoms with van der Waals surface area (Å²) >= 11 is 0. The minimum absolute atomic E-state index is 0.0281. The minimum atomic E-state index is -1.24. The first-order chi connectivity index (χ1) is 12.2. The molecule has 1 aromatic carbocycles. The summed E-state index contributed by atoms with van der Waals surface area (Å²) in [5.41, 5.74) is 6.22. The third-order valence-electron chi connectivity index (χ3n) is 3.43. The van der Waals surface area contributed by atoms with E-state index in [9.17, 15) is 24.3 Å². The fourth-order valence-electron chi connectivity index (χ4n) is 2.05. The molecule has 0 saturated heterocycles. The summed E-state index contributed by atoms with van der Waals surface area (Å²) in [4.78, 5) is 45.4. The molecule has 1 rings (SSSR count). The van der Waals surface area contributed by atoms with Gasteiger partial charge >= 0.3 is 11.9 Å². The van der Waals surface area contributed by atoms with Crippen LogP contribution in [0.4, 0.5) is 0 Å². The summed E-state index contributed by atoms with van der Waals surface area (Å²) in [7, 11) is 0. The Morgan fingerprint density at radius 1 is 1.00 bits per heavy atom. The maximum Gasteiger partial charge on any atom is 0.322 e. The maximum absolute atomic E-state index is 12.2. The second kappa shape index (κ2) is 9.99. The third kappa shape index (κ3) is 7.62. The zero-order chi connectivity index (χ0) is 19.7. The highest BCUT2D eigenvalue weighted by molar-refractivity contribution is 5.91. The van der Waals surface area contributed by atoms with E-state index in [1.54, 1.807) is 12.1 Å². The summed E-state index contributed by atoms with van der Waals surface area (Å²) in [5, 5.41) is 31.1. The Morgan fingerprint density at radius 2 is 1.62 bits per heavy atom. The van der Waals surface area contributed by atoms with E-state index in [2.05, 4.69) is 10.6 Å². The number of carbonyl (C=O) groups is 4. The Hall–Kier alpha value is -3.14. The van der Waals surface area contributed by atoms with E-state index in [1.807, 2.05) is 0 Å². The Labute approximate surface area is 149 Å². The predicted molar refractivity (Wildman–Crippen MR) is 89.2 cm³/mol. The van der Waals surface area contributed by atoms with Crippen molar-refractivity contribution in [2.75, 3.05) is 6.54 Å². The minimum Gasteiger partial charge on any atom is -0.508 e. The summed E-state index contributed by atoms with van der Waals surface area (Å²) < 4.78 is 0. The van der Waals surface area contributed by atoms with Gasteiger partial charge < -0.3 is 31.7 Å². The second-order valence-electron chi connectivity index (χ2n) is 5.58. The fourth-order valence-corrected chi connectivity index (χ4v) is 2.05. The van der Waals surface area contributed by atoms with Crippen LogP contribution in [0.3, 0.4) is 0 Å².